The van der Waals surface area contributed by atoms with E-state index < -0.39 is 0 Å². The van der Waals surface area contributed by atoms with Gasteiger partial charge in [0.2, 0.25) is 0 Å². The number of ether oxygens (including phenoxy) is 1. The zero-order valence-corrected chi connectivity index (χ0v) is 11.6. The normalized spacial score (nSPS) is 12.3. The molecule has 5 heteroatoms. The number of carbonyl (C=O) groups excluding carboxylic acids is 1. The summed E-state index contributed by atoms with van der Waals surface area (Å²) in [5.74, 6) is 0.635. The fourth-order valence-electron chi connectivity index (χ4n) is 1.24. The number of nitrogens with one attached hydrogen (secondary N) is 1. The maximum absolute atomic E-state index is 11.6. The molecule has 0 aliphatic rings. The van der Waals surface area contributed by atoms with Crippen molar-refractivity contribution >= 4 is 23.2 Å². The number of nitrogens with two attached hydrogens (primary N) is 1. The van der Waals surface area contributed by atoms with Gasteiger partial charge in [0.25, 0.3) is 5.91 Å². The van der Waals surface area contributed by atoms with Gasteiger partial charge < -0.3 is 15.8 Å². The van der Waals surface area contributed by atoms with Crippen molar-refractivity contribution in [3.63, 3.8) is 0 Å². The topological polar surface area (TPSA) is 64.3 Å². The van der Waals surface area contributed by atoms with Gasteiger partial charge in [0.1, 0.15) is 5.75 Å². The number of carbonyl (C=O) groups is 1. The molecule has 0 heterocycles. The molecule has 1 amide bonds. The molecule has 1 aromatic carbocycles. The van der Waals surface area contributed by atoms with Crippen molar-refractivity contribution in [3.05, 3.63) is 23.2 Å². The van der Waals surface area contributed by atoms with Gasteiger partial charge in [-0.25, -0.2) is 0 Å². The van der Waals surface area contributed by atoms with E-state index in [2.05, 4.69) is 5.32 Å². The third-order valence-corrected chi connectivity index (χ3v) is 2.96. The Bertz CT molecular complexity index is 421. The minimum absolute atomic E-state index is 0.0679. The lowest BCUT2D eigenvalue weighted by molar-refractivity contribution is -0.123. The molecule has 0 saturated carbocycles. The van der Waals surface area contributed by atoms with Crippen molar-refractivity contribution in [2.45, 2.75) is 26.8 Å². The molecule has 1 rings (SSSR count). The molecule has 0 aliphatic carbocycles. The van der Waals surface area contributed by atoms with Gasteiger partial charge in [0.05, 0.1) is 5.69 Å². The highest BCUT2D eigenvalue weighted by atomic mass is 35.5. The summed E-state index contributed by atoms with van der Waals surface area (Å²) in [7, 11) is 0. The highest BCUT2D eigenvalue weighted by Gasteiger charge is 2.11. The van der Waals surface area contributed by atoms with Crippen LogP contribution in [0.2, 0.25) is 5.02 Å². The maximum atomic E-state index is 11.6. The van der Waals surface area contributed by atoms with E-state index >= 15 is 0 Å². The van der Waals surface area contributed by atoms with E-state index in [0.717, 1.165) is 0 Å². The van der Waals surface area contributed by atoms with Crippen molar-refractivity contribution in [2.75, 3.05) is 12.3 Å². The standard InChI is InChI=1S/C13H19ClN2O2/c1-8(2)9(3)16-13(17)7-18-12-6-10(14)4-5-11(12)15/h4-6,8-9H,7,15H2,1-3H3,(H,16,17). The van der Waals surface area contributed by atoms with E-state index in [1.165, 1.54) is 0 Å². The summed E-state index contributed by atoms with van der Waals surface area (Å²) >= 11 is 5.82. The van der Waals surface area contributed by atoms with E-state index in [0.29, 0.717) is 22.4 Å². The molecule has 3 N–H and O–H groups in total. The van der Waals surface area contributed by atoms with E-state index in [-0.39, 0.29) is 18.6 Å². The van der Waals surface area contributed by atoms with Crippen LogP contribution in [-0.4, -0.2) is 18.6 Å². The van der Waals surface area contributed by atoms with Crippen molar-refractivity contribution in [3.8, 4) is 5.75 Å². The number of benzene rings is 1. The molecule has 0 fully saturated rings. The van der Waals surface area contributed by atoms with Crippen LogP contribution in [0.4, 0.5) is 5.69 Å². The van der Waals surface area contributed by atoms with Crippen LogP contribution >= 0.6 is 11.6 Å². The van der Waals surface area contributed by atoms with Crippen molar-refractivity contribution in [1.82, 2.24) is 5.32 Å². The van der Waals surface area contributed by atoms with E-state index in [1.54, 1.807) is 18.2 Å². The molecule has 100 valence electrons. The second-order valence-corrected chi connectivity index (χ2v) is 5.01. The van der Waals surface area contributed by atoms with E-state index in [1.807, 2.05) is 20.8 Å². The van der Waals surface area contributed by atoms with Gasteiger partial charge in [0.15, 0.2) is 6.61 Å². The van der Waals surface area contributed by atoms with Crippen LogP contribution < -0.4 is 15.8 Å². The fourth-order valence-corrected chi connectivity index (χ4v) is 1.40. The first-order valence-corrected chi connectivity index (χ1v) is 6.25. The van der Waals surface area contributed by atoms with Gasteiger partial charge in [-0.3, -0.25) is 4.79 Å². The molecule has 18 heavy (non-hydrogen) atoms. The van der Waals surface area contributed by atoms with Crippen LogP contribution in [0.1, 0.15) is 20.8 Å². The van der Waals surface area contributed by atoms with Crippen molar-refractivity contribution in [1.29, 1.82) is 0 Å². The molecule has 4 nitrogen and oxygen atoms in total. The number of anilines is 1. The quantitative estimate of drug-likeness (QED) is 0.808. The van der Waals surface area contributed by atoms with Gasteiger partial charge in [-0.15, -0.1) is 0 Å². The summed E-state index contributed by atoms with van der Waals surface area (Å²) in [5, 5.41) is 3.37. The van der Waals surface area contributed by atoms with E-state index in [4.69, 9.17) is 22.1 Å². The third kappa shape index (κ3) is 4.45. The van der Waals surface area contributed by atoms with E-state index in [9.17, 15) is 4.79 Å². The second kappa shape index (κ2) is 6.50. The molecule has 1 atom stereocenters. The first-order chi connectivity index (χ1) is 8.40. The third-order valence-electron chi connectivity index (χ3n) is 2.72. The molecule has 0 spiro atoms. The maximum Gasteiger partial charge on any atom is 0.258 e. The zero-order valence-electron chi connectivity index (χ0n) is 10.9. The van der Waals surface area contributed by atoms with Gasteiger partial charge >= 0.3 is 0 Å². The number of hydrogen-bond acceptors (Lipinski definition) is 3. The van der Waals surface area contributed by atoms with Crippen molar-refractivity contribution < 1.29 is 9.53 Å². The predicted octanol–water partition coefficient (Wildman–Crippen LogP) is 2.46. The molecule has 0 radical (unpaired) electrons. The minimum atomic E-state index is -0.171. The number of halogens is 1. The molecule has 0 aliphatic heterocycles. The molecular weight excluding hydrogens is 252 g/mol. The molecule has 1 unspecified atom stereocenters. The highest BCUT2D eigenvalue weighted by Crippen LogP contribution is 2.25. The highest BCUT2D eigenvalue weighted by molar-refractivity contribution is 6.30. The summed E-state index contributed by atoms with van der Waals surface area (Å²) < 4.78 is 5.34. The Balaban J connectivity index is 2.50. The predicted molar refractivity (Wildman–Crippen MR) is 73.8 cm³/mol. The lowest BCUT2D eigenvalue weighted by atomic mass is 10.1. The molecule has 0 bridgehead atoms. The first-order valence-electron chi connectivity index (χ1n) is 5.87. The van der Waals surface area contributed by atoms with Crippen molar-refractivity contribution in [2.24, 2.45) is 5.92 Å². The van der Waals surface area contributed by atoms with Gasteiger partial charge in [-0.1, -0.05) is 25.4 Å². The first kappa shape index (κ1) is 14.6. The number of nitrogen functional groups attached to an aromatic ring is 1. The smallest absolute Gasteiger partial charge is 0.258 e. The summed E-state index contributed by atoms with van der Waals surface area (Å²) in [5.41, 5.74) is 6.17. The Labute approximate surface area is 112 Å². The van der Waals surface area contributed by atoms with Gasteiger partial charge in [-0.05, 0) is 25.0 Å². The monoisotopic (exact) mass is 270 g/mol. The van der Waals surface area contributed by atoms with Gasteiger partial charge in [0, 0.05) is 17.1 Å². The minimum Gasteiger partial charge on any atom is -0.482 e. The van der Waals surface area contributed by atoms with Crippen LogP contribution in [0.25, 0.3) is 0 Å². The van der Waals surface area contributed by atoms with Crippen LogP contribution in [0.15, 0.2) is 18.2 Å². The number of hydrogen-bond donors (Lipinski definition) is 2. The lowest BCUT2D eigenvalue weighted by Gasteiger charge is -2.17. The van der Waals surface area contributed by atoms with Crippen LogP contribution in [0, 0.1) is 5.92 Å². The summed E-state index contributed by atoms with van der Waals surface area (Å²) in [6, 6.07) is 5.02. The Morgan fingerprint density at radius 3 is 2.72 bits per heavy atom. The fraction of sp³-hybridized carbons (Fsp3) is 0.462. The largest absolute Gasteiger partial charge is 0.482 e. The van der Waals surface area contributed by atoms with Gasteiger partial charge in [-0.2, -0.15) is 0 Å². The molecule has 0 saturated heterocycles. The summed E-state index contributed by atoms with van der Waals surface area (Å²) in [4.78, 5) is 11.6. The van der Waals surface area contributed by atoms with Crippen LogP contribution in [0.3, 0.4) is 0 Å². The second-order valence-electron chi connectivity index (χ2n) is 4.57. The summed E-state index contributed by atoms with van der Waals surface area (Å²) in [6.45, 7) is 5.97. The average Bonchev–Trinajstić information content (AvgIpc) is 2.30. The molecular formula is C13H19ClN2O2. The molecule has 1 aromatic rings. The van der Waals surface area contributed by atoms with Crippen LogP contribution in [-0.2, 0) is 4.79 Å². The lowest BCUT2D eigenvalue weighted by Crippen LogP contribution is -2.39. The Kier molecular flexibility index (Phi) is 5.28. The number of amides is 1. The average molecular weight is 271 g/mol. The summed E-state index contributed by atoms with van der Waals surface area (Å²) in [6.07, 6.45) is 0. The Hall–Kier alpha value is -1.42. The van der Waals surface area contributed by atoms with Crippen LogP contribution in [0.5, 0.6) is 5.75 Å². The number of rotatable bonds is 5. The Morgan fingerprint density at radius 1 is 1.44 bits per heavy atom. The SMILES string of the molecule is CC(C)C(C)NC(=O)COc1cc(Cl)ccc1N. The Morgan fingerprint density at radius 2 is 2.11 bits per heavy atom. The zero-order chi connectivity index (χ0) is 13.7. The molecule has 0 aromatic heterocycles.